The number of hydrogen-bond donors (Lipinski definition) is 2. The first kappa shape index (κ1) is 26.9. The number of esters is 2. The molecule has 1 saturated carbocycles. The van der Waals surface area contributed by atoms with E-state index >= 15 is 0 Å². The number of hydrogen-bond acceptors (Lipinski definition) is 8. The van der Waals surface area contributed by atoms with Crippen molar-refractivity contribution in [3.05, 3.63) is 11.8 Å². The highest BCUT2D eigenvalue weighted by molar-refractivity contribution is 6.08. The van der Waals surface area contributed by atoms with E-state index < -0.39 is 24.0 Å². The molecule has 11 nitrogen and oxygen atoms in total. The smallest absolute Gasteiger partial charge is 0.354 e. The first-order valence-electron chi connectivity index (χ1n) is 10.8. The van der Waals surface area contributed by atoms with Gasteiger partial charge in [0.15, 0.2) is 0 Å². The molecular weight excluding hydrogens is 418 g/mol. The summed E-state index contributed by atoms with van der Waals surface area (Å²) in [5, 5.41) is 3.95. The van der Waals surface area contributed by atoms with Gasteiger partial charge in [0.2, 0.25) is 0 Å². The van der Waals surface area contributed by atoms with Crippen molar-refractivity contribution in [2.24, 2.45) is 10.8 Å². The maximum Gasteiger partial charge on any atom is 0.354 e. The predicted molar refractivity (Wildman–Crippen MR) is 118 cm³/mol. The van der Waals surface area contributed by atoms with Gasteiger partial charge in [0.1, 0.15) is 11.7 Å². The van der Waals surface area contributed by atoms with Crippen molar-refractivity contribution in [2.75, 3.05) is 27.3 Å². The summed E-state index contributed by atoms with van der Waals surface area (Å²) in [6, 6.07) is -2.20. The molecule has 0 spiro atoms. The predicted octanol–water partition coefficient (Wildman–Crippen LogP) is 1.13. The summed E-state index contributed by atoms with van der Waals surface area (Å²) in [7, 11) is 3.14. The molecule has 1 fully saturated rings. The largest absolute Gasteiger partial charge is 0.463 e. The Hall–Kier alpha value is -3.11. The van der Waals surface area contributed by atoms with Gasteiger partial charge in [-0.05, 0) is 33.6 Å². The van der Waals surface area contributed by atoms with Crippen molar-refractivity contribution in [3.63, 3.8) is 0 Å². The number of carbonyl (C=O) groups excluding carboxylic acids is 4. The number of primary amides is 1. The Morgan fingerprint density at radius 3 is 2.19 bits per heavy atom. The summed E-state index contributed by atoms with van der Waals surface area (Å²) in [4.78, 5) is 52.7. The van der Waals surface area contributed by atoms with E-state index in [1.54, 1.807) is 39.8 Å². The van der Waals surface area contributed by atoms with Gasteiger partial charge in [-0.1, -0.05) is 19.3 Å². The van der Waals surface area contributed by atoms with Gasteiger partial charge in [-0.15, -0.1) is 0 Å². The van der Waals surface area contributed by atoms with Crippen LogP contribution >= 0.6 is 0 Å². The van der Waals surface area contributed by atoms with E-state index in [1.165, 1.54) is 4.90 Å². The molecule has 0 radical (unpaired) electrons. The zero-order chi connectivity index (χ0) is 24.3. The monoisotopic (exact) mass is 453 g/mol. The van der Waals surface area contributed by atoms with Crippen LogP contribution in [0.1, 0.15) is 52.9 Å². The van der Waals surface area contributed by atoms with Gasteiger partial charge in [0, 0.05) is 20.1 Å². The molecule has 11 heteroatoms. The van der Waals surface area contributed by atoms with Crippen molar-refractivity contribution in [3.8, 4) is 0 Å². The molecule has 0 saturated heterocycles. The molecular formula is C21H35N5O6. The first-order chi connectivity index (χ1) is 15.1. The van der Waals surface area contributed by atoms with Crippen LogP contribution in [-0.2, 0) is 23.9 Å². The minimum absolute atomic E-state index is 0.0834. The molecule has 32 heavy (non-hydrogen) atoms. The summed E-state index contributed by atoms with van der Waals surface area (Å²) in [5.74, 6) is -1.86. The van der Waals surface area contributed by atoms with E-state index in [-0.39, 0.29) is 36.6 Å². The number of nitrogens with zero attached hydrogens (tertiary/aromatic N) is 3. The summed E-state index contributed by atoms with van der Waals surface area (Å²) in [6.45, 7) is 5.05. The number of likely N-dealkylation sites (N-methyl/N-ethyl adjacent to an activating group) is 1. The second-order valence-electron chi connectivity index (χ2n) is 7.57. The van der Waals surface area contributed by atoms with Crippen LogP contribution in [0.2, 0.25) is 0 Å². The lowest BCUT2D eigenvalue weighted by Gasteiger charge is -2.41. The van der Waals surface area contributed by atoms with Crippen molar-refractivity contribution in [1.82, 2.24) is 15.2 Å². The van der Waals surface area contributed by atoms with Crippen molar-refractivity contribution >= 4 is 29.6 Å². The van der Waals surface area contributed by atoms with E-state index in [4.69, 9.17) is 15.2 Å². The van der Waals surface area contributed by atoms with Crippen molar-refractivity contribution in [2.45, 2.75) is 65.0 Å². The van der Waals surface area contributed by atoms with Gasteiger partial charge >= 0.3 is 18.0 Å². The number of nitrogens with one attached hydrogen (secondary N) is 1. The van der Waals surface area contributed by atoms with Gasteiger partial charge in [-0.2, -0.15) is 5.10 Å². The van der Waals surface area contributed by atoms with E-state index in [0.29, 0.717) is 12.8 Å². The zero-order valence-corrected chi connectivity index (χ0v) is 19.6. The van der Waals surface area contributed by atoms with Crippen LogP contribution in [0.25, 0.3) is 0 Å². The fourth-order valence-electron chi connectivity index (χ4n) is 3.59. The summed E-state index contributed by atoms with van der Waals surface area (Å²) in [5.41, 5.74) is 7.37. The minimum Gasteiger partial charge on any atom is -0.463 e. The second-order valence-corrected chi connectivity index (χ2v) is 7.57. The molecule has 0 aromatic heterocycles. The molecule has 180 valence electrons. The molecule has 0 aromatic carbocycles. The molecule has 3 amide bonds. The maximum absolute atomic E-state index is 13.3. The van der Waals surface area contributed by atoms with Gasteiger partial charge in [0.05, 0.1) is 25.0 Å². The Bertz CT molecular complexity index is 743. The number of urea groups is 1. The highest BCUT2D eigenvalue weighted by Gasteiger charge is 2.39. The average molecular weight is 454 g/mol. The third-order valence-corrected chi connectivity index (χ3v) is 4.96. The number of carbonyl (C=O) groups is 4. The third kappa shape index (κ3) is 7.86. The van der Waals surface area contributed by atoms with Crippen molar-refractivity contribution < 1.29 is 28.7 Å². The zero-order valence-electron chi connectivity index (χ0n) is 19.6. The fourth-order valence-corrected chi connectivity index (χ4v) is 3.59. The Morgan fingerprint density at radius 2 is 1.69 bits per heavy atom. The topological polar surface area (TPSA) is 144 Å². The van der Waals surface area contributed by atoms with Crippen molar-refractivity contribution in [1.29, 1.82) is 0 Å². The second kappa shape index (κ2) is 13.3. The van der Waals surface area contributed by atoms with Crippen LogP contribution in [0, 0.1) is 0 Å². The maximum atomic E-state index is 13.3. The van der Waals surface area contributed by atoms with Crippen LogP contribution < -0.4 is 11.2 Å². The van der Waals surface area contributed by atoms with E-state index in [0.717, 1.165) is 25.3 Å². The Kier molecular flexibility index (Phi) is 11.2. The lowest BCUT2D eigenvalue weighted by atomic mass is 9.91. The number of nitrogens with two attached hydrogens (primary N) is 1. The summed E-state index contributed by atoms with van der Waals surface area (Å²) < 4.78 is 10.2. The Morgan fingerprint density at radius 1 is 1.09 bits per heavy atom. The molecule has 1 aliphatic carbocycles. The number of rotatable bonds is 10. The standard InChI is InChI=1S/C21H35N5O6/c1-6-31-17(27)13-16(20(29)32-7-2)26(15-11-9-8-10-12-15)18(19(28)25(4)5)14(3)23-24-21(22)30/h13,15,18H,6-12H2,1-5H3,(H3,22,24,30)/b16-13+,23-14+. The number of hydrazone groups is 1. The Balaban J connectivity index is 3.68. The molecule has 0 heterocycles. The van der Waals surface area contributed by atoms with Gasteiger partial charge in [-0.3, -0.25) is 4.79 Å². The van der Waals surface area contributed by atoms with Gasteiger partial charge in [0.25, 0.3) is 5.91 Å². The molecule has 0 aromatic rings. The fraction of sp³-hybridized carbons (Fsp3) is 0.667. The van der Waals surface area contributed by atoms with Crippen LogP contribution in [-0.4, -0.2) is 78.8 Å². The highest BCUT2D eigenvalue weighted by Crippen LogP contribution is 2.29. The Labute approximate surface area is 188 Å². The van der Waals surface area contributed by atoms with E-state index in [1.807, 2.05) is 0 Å². The summed E-state index contributed by atoms with van der Waals surface area (Å²) >= 11 is 0. The van der Waals surface area contributed by atoms with E-state index in [2.05, 4.69) is 10.5 Å². The van der Waals surface area contributed by atoms with Crippen LogP contribution in [0.15, 0.2) is 16.9 Å². The molecule has 0 bridgehead atoms. The molecule has 1 atom stereocenters. The summed E-state index contributed by atoms with van der Waals surface area (Å²) in [6.07, 6.45) is 5.29. The lowest BCUT2D eigenvalue weighted by molar-refractivity contribution is -0.144. The van der Waals surface area contributed by atoms with Gasteiger partial charge < -0.3 is 25.0 Å². The van der Waals surface area contributed by atoms with Crippen LogP contribution in [0.3, 0.4) is 0 Å². The highest BCUT2D eigenvalue weighted by atomic mass is 16.5. The van der Waals surface area contributed by atoms with Crippen LogP contribution in [0.4, 0.5) is 4.79 Å². The molecule has 0 aliphatic heterocycles. The molecule has 1 aliphatic rings. The van der Waals surface area contributed by atoms with E-state index in [9.17, 15) is 19.2 Å². The minimum atomic E-state index is -1.08. The quantitative estimate of drug-likeness (QED) is 0.218. The first-order valence-corrected chi connectivity index (χ1v) is 10.8. The number of ether oxygens (including phenoxy) is 2. The average Bonchev–Trinajstić information content (AvgIpc) is 2.74. The van der Waals surface area contributed by atoms with Crippen LogP contribution in [0.5, 0.6) is 0 Å². The SMILES string of the molecule is CCOC(=O)/C=C(\C(=O)OCC)N(C1CCCCC1)C(C(=O)N(C)C)/C(C)=N/NC(N)=O. The molecule has 1 unspecified atom stereocenters. The molecule has 1 rings (SSSR count). The number of amides is 3. The lowest BCUT2D eigenvalue weighted by Crippen LogP contribution is -2.56. The molecule has 3 N–H and O–H groups in total. The van der Waals surface area contributed by atoms with Gasteiger partial charge in [-0.25, -0.2) is 19.8 Å². The third-order valence-electron chi connectivity index (χ3n) is 4.96. The normalized spacial score (nSPS) is 16.0.